The fourth-order valence-electron chi connectivity index (χ4n) is 2.37. The molecule has 10 heteroatoms. The third-order valence-electron chi connectivity index (χ3n) is 3.60. The van der Waals surface area contributed by atoms with Crippen LogP contribution in [0.5, 0.6) is 5.75 Å². The summed E-state index contributed by atoms with van der Waals surface area (Å²) in [5.74, 6) is -2.32. The van der Waals surface area contributed by atoms with E-state index < -0.39 is 30.5 Å². The predicted octanol–water partition coefficient (Wildman–Crippen LogP) is 3.84. The number of carbonyl (C=O) groups excluding carboxylic acids is 2. The van der Waals surface area contributed by atoms with E-state index in [0.717, 1.165) is 12.1 Å². The van der Waals surface area contributed by atoms with Crippen LogP contribution < -0.4 is 15.5 Å². The molecule has 0 aliphatic heterocycles. The number of benzene rings is 2. The first-order chi connectivity index (χ1) is 13.8. The maximum Gasteiger partial charge on any atom is 0.387 e. The third kappa shape index (κ3) is 5.08. The molecule has 0 saturated carbocycles. The molecule has 1 heterocycles. The zero-order valence-electron chi connectivity index (χ0n) is 14.5. The second kappa shape index (κ2) is 8.70. The van der Waals surface area contributed by atoms with E-state index in [2.05, 4.69) is 10.1 Å². The Kier molecular flexibility index (Phi) is 6.08. The lowest BCUT2D eigenvalue weighted by atomic mass is 10.2. The van der Waals surface area contributed by atoms with E-state index >= 15 is 0 Å². The van der Waals surface area contributed by atoms with Crippen molar-refractivity contribution in [3.8, 4) is 5.75 Å². The molecule has 0 bridgehead atoms. The van der Waals surface area contributed by atoms with Crippen molar-refractivity contribution in [1.29, 1.82) is 0 Å². The predicted molar refractivity (Wildman–Crippen MR) is 99.5 cm³/mol. The number of hydrogen-bond donors (Lipinski definition) is 1. The number of hydrogen-bond acceptors (Lipinski definition) is 6. The van der Waals surface area contributed by atoms with Crippen LogP contribution in [0.2, 0.25) is 5.02 Å². The molecular weight excluding hydrogens is 412 g/mol. The number of esters is 1. The quantitative estimate of drug-likeness (QED) is 0.605. The van der Waals surface area contributed by atoms with Crippen LogP contribution in [0.25, 0.3) is 11.0 Å². The number of rotatable bonds is 6. The Morgan fingerprint density at radius 3 is 2.62 bits per heavy atom. The molecule has 0 radical (unpaired) electrons. The summed E-state index contributed by atoms with van der Waals surface area (Å²) in [6.07, 6.45) is 0. The summed E-state index contributed by atoms with van der Waals surface area (Å²) in [6.45, 7) is -3.72. The minimum Gasteiger partial charge on any atom is -0.450 e. The second-order valence-electron chi connectivity index (χ2n) is 5.62. The number of para-hydroxylation sites is 1. The summed E-state index contributed by atoms with van der Waals surface area (Å²) in [5.41, 5.74) is -0.0453. The average Bonchev–Trinajstić information content (AvgIpc) is 2.68. The monoisotopic (exact) mass is 423 g/mol. The minimum absolute atomic E-state index is 0.141. The van der Waals surface area contributed by atoms with Gasteiger partial charge in [-0.15, -0.1) is 0 Å². The van der Waals surface area contributed by atoms with Crippen LogP contribution in [0.4, 0.5) is 14.5 Å². The van der Waals surface area contributed by atoms with Crippen molar-refractivity contribution in [2.45, 2.75) is 6.61 Å². The highest BCUT2D eigenvalue weighted by atomic mass is 35.5. The van der Waals surface area contributed by atoms with Gasteiger partial charge < -0.3 is 19.2 Å². The van der Waals surface area contributed by atoms with Crippen LogP contribution in [0.15, 0.2) is 57.7 Å². The van der Waals surface area contributed by atoms with Gasteiger partial charge in [0.05, 0.1) is 10.4 Å². The van der Waals surface area contributed by atoms with Crippen LogP contribution in [0.1, 0.15) is 10.6 Å². The molecule has 0 unspecified atom stereocenters. The van der Waals surface area contributed by atoms with Gasteiger partial charge in [0.15, 0.2) is 12.0 Å². The first-order valence-electron chi connectivity index (χ1n) is 8.07. The van der Waals surface area contributed by atoms with E-state index in [1.165, 1.54) is 18.2 Å². The van der Waals surface area contributed by atoms with Crippen molar-refractivity contribution >= 4 is 40.1 Å². The number of carbonyl (C=O) groups is 2. The SMILES string of the molecule is O=C(COC(=O)c1cc(=O)c2ccccc2o1)Nc1ccc(OC(F)F)c(Cl)c1. The number of fused-ring (bicyclic) bond motifs is 1. The lowest BCUT2D eigenvalue weighted by Crippen LogP contribution is -2.21. The van der Waals surface area contributed by atoms with Gasteiger partial charge in [0.2, 0.25) is 5.76 Å². The van der Waals surface area contributed by atoms with Gasteiger partial charge in [0.1, 0.15) is 11.3 Å². The first-order valence-corrected chi connectivity index (χ1v) is 8.45. The number of anilines is 1. The summed E-state index contributed by atoms with van der Waals surface area (Å²) in [7, 11) is 0. The Balaban J connectivity index is 1.61. The highest BCUT2D eigenvalue weighted by molar-refractivity contribution is 6.32. The number of halogens is 3. The van der Waals surface area contributed by atoms with Gasteiger partial charge >= 0.3 is 12.6 Å². The molecule has 0 atom stereocenters. The van der Waals surface area contributed by atoms with E-state index in [1.807, 2.05) is 0 Å². The van der Waals surface area contributed by atoms with Crippen molar-refractivity contribution in [3.63, 3.8) is 0 Å². The molecule has 7 nitrogen and oxygen atoms in total. The standard InChI is InChI=1S/C19H12ClF2NO6/c20-12-7-10(5-6-15(12)29-19(21)22)23-17(25)9-27-18(26)16-8-13(24)11-3-1-2-4-14(11)28-16/h1-8,19H,9H2,(H,23,25). The lowest BCUT2D eigenvalue weighted by Gasteiger charge is -2.10. The van der Waals surface area contributed by atoms with Crippen molar-refractivity contribution in [1.82, 2.24) is 0 Å². The smallest absolute Gasteiger partial charge is 0.387 e. The van der Waals surface area contributed by atoms with Gasteiger partial charge in [-0.3, -0.25) is 9.59 Å². The fourth-order valence-corrected chi connectivity index (χ4v) is 2.60. The van der Waals surface area contributed by atoms with E-state index in [1.54, 1.807) is 18.2 Å². The van der Waals surface area contributed by atoms with Gasteiger partial charge in [0.25, 0.3) is 5.91 Å². The lowest BCUT2D eigenvalue weighted by molar-refractivity contribution is -0.119. The molecule has 3 rings (SSSR count). The van der Waals surface area contributed by atoms with Crippen LogP contribution in [-0.2, 0) is 9.53 Å². The van der Waals surface area contributed by atoms with Crippen molar-refractivity contribution in [2.75, 3.05) is 11.9 Å². The molecular formula is C19H12ClF2NO6. The molecule has 3 aromatic rings. The second-order valence-corrected chi connectivity index (χ2v) is 6.03. The summed E-state index contributed by atoms with van der Waals surface area (Å²) < 4.78 is 38.8. The molecule has 0 saturated heterocycles. The molecule has 2 aromatic carbocycles. The van der Waals surface area contributed by atoms with E-state index in [0.29, 0.717) is 5.39 Å². The van der Waals surface area contributed by atoms with E-state index in [-0.39, 0.29) is 27.8 Å². The first kappa shape index (κ1) is 20.3. The zero-order valence-corrected chi connectivity index (χ0v) is 15.2. The molecule has 0 spiro atoms. The number of nitrogens with one attached hydrogen (secondary N) is 1. The van der Waals surface area contributed by atoms with Gasteiger partial charge in [-0.1, -0.05) is 23.7 Å². The largest absolute Gasteiger partial charge is 0.450 e. The number of ether oxygens (including phenoxy) is 2. The maximum atomic E-state index is 12.2. The third-order valence-corrected chi connectivity index (χ3v) is 3.90. The van der Waals surface area contributed by atoms with Crippen LogP contribution in [-0.4, -0.2) is 25.1 Å². The minimum atomic E-state index is -3.04. The van der Waals surface area contributed by atoms with Crippen molar-refractivity contribution in [3.05, 3.63) is 69.5 Å². The molecule has 0 fully saturated rings. The molecule has 0 aliphatic rings. The molecule has 1 N–H and O–H groups in total. The highest BCUT2D eigenvalue weighted by Gasteiger charge is 2.16. The van der Waals surface area contributed by atoms with Crippen LogP contribution in [0, 0.1) is 0 Å². The number of alkyl halides is 2. The molecule has 150 valence electrons. The normalized spacial score (nSPS) is 10.8. The Morgan fingerprint density at radius 1 is 1.14 bits per heavy atom. The summed E-state index contributed by atoms with van der Waals surface area (Å²) >= 11 is 5.79. The van der Waals surface area contributed by atoms with Gasteiger partial charge in [-0.25, -0.2) is 4.79 Å². The molecule has 0 aliphatic carbocycles. The van der Waals surface area contributed by atoms with Crippen molar-refractivity contribution in [2.24, 2.45) is 0 Å². The Labute approximate surface area is 166 Å². The van der Waals surface area contributed by atoms with E-state index in [9.17, 15) is 23.2 Å². The van der Waals surface area contributed by atoms with Gasteiger partial charge in [-0.05, 0) is 30.3 Å². The summed E-state index contributed by atoms with van der Waals surface area (Å²) in [6, 6.07) is 11.0. The molecule has 1 aromatic heterocycles. The van der Waals surface area contributed by atoms with Crippen molar-refractivity contribution < 1.29 is 32.3 Å². The maximum absolute atomic E-state index is 12.2. The van der Waals surface area contributed by atoms with Crippen LogP contribution in [0.3, 0.4) is 0 Å². The number of amides is 1. The Morgan fingerprint density at radius 2 is 1.90 bits per heavy atom. The average molecular weight is 424 g/mol. The highest BCUT2D eigenvalue weighted by Crippen LogP contribution is 2.28. The zero-order chi connectivity index (χ0) is 21.0. The summed E-state index contributed by atoms with van der Waals surface area (Å²) in [4.78, 5) is 36.0. The molecule has 1 amide bonds. The Bertz CT molecular complexity index is 1130. The van der Waals surface area contributed by atoms with Gasteiger partial charge in [0, 0.05) is 11.8 Å². The topological polar surface area (TPSA) is 94.8 Å². The fraction of sp³-hybridized carbons (Fsp3) is 0.105. The van der Waals surface area contributed by atoms with Gasteiger partial charge in [-0.2, -0.15) is 8.78 Å². The summed E-state index contributed by atoms with van der Waals surface area (Å²) in [5, 5.41) is 2.54. The van der Waals surface area contributed by atoms with Crippen LogP contribution >= 0.6 is 11.6 Å². The molecule has 29 heavy (non-hydrogen) atoms. The Hall–Kier alpha value is -3.46. The van der Waals surface area contributed by atoms with E-state index in [4.69, 9.17) is 20.8 Å².